The minimum Gasteiger partial charge on any atom is -0.368 e. The third-order valence-corrected chi connectivity index (χ3v) is 4.53. The SMILES string of the molecule is Nc1nc(Cl)cc(NC2CCS(=O)(=O)CC2)n1. The summed E-state index contributed by atoms with van der Waals surface area (Å²) in [5.41, 5.74) is 5.47. The van der Waals surface area contributed by atoms with E-state index in [9.17, 15) is 8.42 Å². The molecule has 94 valence electrons. The molecule has 0 aromatic carbocycles. The molecule has 0 aliphatic carbocycles. The van der Waals surface area contributed by atoms with Crippen molar-refractivity contribution in [3.63, 3.8) is 0 Å². The molecule has 0 amide bonds. The Bertz CT molecular complexity index is 485. The Balaban J connectivity index is 2.02. The van der Waals surface area contributed by atoms with Crippen LogP contribution in [0.5, 0.6) is 0 Å². The molecule has 2 rings (SSSR count). The fraction of sp³-hybridized carbons (Fsp3) is 0.556. The van der Waals surface area contributed by atoms with Crippen LogP contribution in [0.25, 0.3) is 0 Å². The number of sulfone groups is 1. The van der Waals surface area contributed by atoms with Crippen molar-refractivity contribution in [2.75, 3.05) is 22.6 Å². The van der Waals surface area contributed by atoms with Crippen molar-refractivity contribution in [2.24, 2.45) is 0 Å². The zero-order valence-electron chi connectivity index (χ0n) is 9.06. The van der Waals surface area contributed by atoms with E-state index >= 15 is 0 Å². The van der Waals surface area contributed by atoms with Gasteiger partial charge in [0, 0.05) is 12.1 Å². The average Bonchev–Trinajstić information content (AvgIpc) is 2.20. The Morgan fingerprint density at radius 2 is 2.00 bits per heavy atom. The van der Waals surface area contributed by atoms with Gasteiger partial charge in [0.2, 0.25) is 5.95 Å². The largest absolute Gasteiger partial charge is 0.368 e. The van der Waals surface area contributed by atoms with Crippen LogP contribution in [0, 0.1) is 0 Å². The molecule has 8 heteroatoms. The normalized spacial score (nSPS) is 20.1. The van der Waals surface area contributed by atoms with E-state index in [-0.39, 0.29) is 28.6 Å². The molecule has 1 aliphatic heterocycles. The number of rotatable bonds is 2. The molecule has 0 spiro atoms. The minimum absolute atomic E-state index is 0.0869. The lowest BCUT2D eigenvalue weighted by Gasteiger charge is -2.23. The van der Waals surface area contributed by atoms with E-state index in [4.69, 9.17) is 17.3 Å². The zero-order valence-corrected chi connectivity index (χ0v) is 10.6. The van der Waals surface area contributed by atoms with Gasteiger partial charge in [0.1, 0.15) is 20.8 Å². The summed E-state index contributed by atoms with van der Waals surface area (Å²) in [6, 6.07) is 1.66. The predicted molar refractivity (Wildman–Crippen MR) is 66.8 cm³/mol. The first-order chi connectivity index (χ1) is 7.94. The number of nitrogens with one attached hydrogen (secondary N) is 1. The Morgan fingerprint density at radius 1 is 1.35 bits per heavy atom. The Hall–Kier alpha value is -1.08. The van der Waals surface area contributed by atoms with Crippen molar-refractivity contribution in [2.45, 2.75) is 18.9 Å². The number of anilines is 2. The molecule has 1 fully saturated rings. The van der Waals surface area contributed by atoms with E-state index in [1.165, 1.54) is 0 Å². The number of hydrogen-bond acceptors (Lipinski definition) is 6. The third kappa shape index (κ3) is 3.44. The first-order valence-corrected chi connectivity index (χ1v) is 7.41. The van der Waals surface area contributed by atoms with Gasteiger partial charge in [-0.15, -0.1) is 0 Å². The maximum atomic E-state index is 11.3. The van der Waals surface area contributed by atoms with E-state index in [0.29, 0.717) is 18.7 Å². The van der Waals surface area contributed by atoms with Crippen LogP contribution in [0.15, 0.2) is 6.07 Å². The molecule has 17 heavy (non-hydrogen) atoms. The Morgan fingerprint density at radius 3 is 2.59 bits per heavy atom. The Kier molecular flexibility index (Phi) is 3.39. The second-order valence-electron chi connectivity index (χ2n) is 4.00. The maximum absolute atomic E-state index is 11.3. The van der Waals surface area contributed by atoms with Crippen LogP contribution in [-0.2, 0) is 9.84 Å². The number of hydrogen-bond donors (Lipinski definition) is 2. The summed E-state index contributed by atoms with van der Waals surface area (Å²) < 4.78 is 22.5. The monoisotopic (exact) mass is 276 g/mol. The summed E-state index contributed by atoms with van der Waals surface area (Å²) in [7, 11) is -2.85. The van der Waals surface area contributed by atoms with Gasteiger partial charge in [0.25, 0.3) is 0 Å². The molecular formula is C9H13ClN4O2S. The van der Waals surface area contributed by atoms with Gasteiger partial charge in [0.05, 0.1) is 11.5 Å². The van der Waals surface area contributed by atoms with Gasteiger partial charge in [-0.1, -0.05) is 11.6 Å². The van der Waals surface area contributed by atoms with Crippen LogP contribution < -0.4 is 11.1 Å². The summed E-state index contributed by atoms with van der Waals surface area (Å²) in [4.78, 5) is 7.73. The highest BCUT2D eigenvalue weighted by Crippen LogP contribution is 2.18. The second-order valence-corrected chi connectivity index (χ2v) is 6.70. The summed E-state index contributed by atoms with van der Waals surface area (Å²) in [6.45, 7) is 0. The number of aromatic nitrogens is 2. The van der Waals surface area contributed by atoms with E-state index < -0.39 is 9.84 Å². The first-order valence-electron chi connectivity index (χ1n) is 5.22. The van der Waals surface area contributed by atoms with Gasteiger partial charge < -0.3 is 11.1 Å². The molecule has 1 aromatic rings. The quantitative estimate of drug-likeness (QED) is 0.772. The van der Waals surface area contributed by atoms with E-state index in [0.717, 1.165) is 0 Å². The van der Waals surface area contributed by atoms with Crippen LogP contribution in [0.2, 0.25) is 5.15 Å². The highest BCUT2D eigenvalue weighted by Gasteiger charge is 2.23. The molecule has 0 saturated carbocycles. The van der Waals surface area contributed by atoms with Crippen molar-refractivity contribution < 1.29 is 8.42 Å². The number of nitrogens with two attached hydrogens (primary N) is 1. The molecule has 6 nitrogen and oxygen atoms in total. The summed E-state index contributed by atoms with van der Waals surface area (Å²) in [5, 5.41) is 3.39. The van der Waals surface area contributed by atoms with Crippen LogP contribution >= 0.6 is 11.6 Å². The van der Waals surface area contributed by atoms with Crippen LogP contribution in [0.4, 0.5) is 11.8 Å². The van der Waals surface area contributed by atoms with Gasteiger partial charge in [-0.05, 0) is 12.8 Å². The summed E-state index contributed by atoms with van der Waals surface area (Å²) >= 11 is 5.75. The van der Waals surface area contributed by atoms with Crippen molar-refractivity contribution in [1.82, 2.24) is 9.97 Å². The fourth-order valence-corrected chi connectivity index (χ4v) is 3.43. The maximum Gasteiger partial charge on any atom is 0.223 e. The molecule has 0 bridgehead atoms. The lowest BCUT2D eigenvalue weighted by Crippen LogP contribution is -2.32. The van der Waals surface area contributed by atoms with Gasteiger partial charge in [0.15, 0.2) is 0 Å². The van der Waals surface area contributed by atoms with E-state index in [1.54, 1.807) is 6.07 Å². The summed E-state index contributed by atoms with van der Waals surface area (Å²) in [6.07, 6.45) is 1.15. The van der Waals surface area contributed by atoms with Crippen molar-refractivity contribution >= 4 is 33.2 Å². The molecule has 0 atom stereocenters. The molecule has 1 saturated heterocycles. The molecule has 0 unspecified atom stereocenters. The average molecular weight is 277 g/mol. The minimum atomic E-state index is -2.85. The first kappa shape index (κ1) is 12.4. The Labute approximate surface area is 105 Å². The van der Waals surface area contributed by atoms with Crippen LogP contribution in [0.1, 0.15) is 12.8 Å². The zero-order chi connectivity index (χ0) is 12.5. The highest BCUT2D eigenvalue weighted by atomic mass is 35.5. The van der Waals surface area contributed by atoms with E-state index in [2.05, 4.69) is 15.3 Å². The summed E-state index contributed by atoms with van der Waals surface area (Å²) in [5.74, 6) is 1.05. The molecule has 3 N–H and O–H groups in total. The number of halogens is 1. The van der Waals surface area contributed by atoms with Gasteiger partial charge >= 0.3 is 0 Å². The number of nitrogens with zero attached hydrogens (tertiary/aromatic N) is 2. The van der Waals surface area contributed by atoms with E-state index in [1.807, 2.05) is 0 Å². The smallest absolute Gasteiger partial charge is 0.223 e. The topological polar surface area (TPSA) is 98.0 Å². The molecular weight excluding hydrogens is 264 g/mol. The van der Waals surface area contributed by atoms with Crippen LogP contribution in [0.3, 0.4) is 0 Å². The van der Waals surface area contributed by atoms with Gasteiger partial charge in [-0.3, -0.25) is 0 Å². The van der Waals surface area contributed by atoms with Crippen molar-refractivity contribution in [1.29, 1.82) is 0 Å². The standard InChI is InChI=1S/C9H13ClN4O2S/c10-7-5-8(14-9(11)13-7)12-6-1-3-17(15,16)4-2-6/h5-6H,1-4H2,(H3,11,12,13,14). The molecule has 1 aliphatic rings. The van der Waals surface area contributed by atoms with Crippen LogP contribution in [-0.4, -0.2) is 35.9 Å². The highest BCUT2D eigenvalue weighted by molar-refractivity contribution is 7.91. The lowest BCUT2D eigenvalue weighted by molar-refractivity contribution is 0.559. The predicted octanol–water partition coefficient (Wildman–Crippen LogP) is 0.701. The number of nitrogen functional groups attached to an aromatic ring is 1. The molecule has 0 radical (unpaired) electrons. The fourth-order valence-electron chi connectivity index (χ4n) is 1.75. The molecule has 1 aromatic heterocycles. The van der Waals surface area contributed by atoms with Gasteiger partial charge in [-0.25, -0.2) is 13.4 Å². The van der Waals surface area contributed by atoms with Crippen molar-refractivity contribution in [3.8, 4) is 0 Å². The molecule has 2 heterocycles. The third-order valence-electron chi connectivity index (χ3n) is 2.62. The second kappa shape index (κ2) is 4.66. The lowest BCUT2D eigenvalue weighted by atomic mass is 10.1. The van der Waals surface area contributed by atoms with Gasteiger partial charge in [-0.2, -0.15) is 4.98 Å². The van der Waals surface area contributed by atoms with Crippen molar-refractivity contribution in [3.05, 3.63) is 11.2 Å².